The van der Waals surface area contributed by atoms with Gasteiger partial charge in [0.25, 0.3) is 0 Å². The van der Waals surface area contributed by atoms with Crippen molar-refractivity contribution in [2.75, 3.05) is 13.2 Å². The number of aromatic carboxylic acids is 1. The molecule has 0 radical (unpaired) electrons. The molecule has 0 saturated heterocycles. The molecule has 0 bridgehead atoms. The first-order chi connectivity index (χ1) is 11.2. The van der Waals surface area contributed by atoms with Crippen LogP contribution in [0.1, 0.15) is 27.9 Å². The van der Waals surface area contributed by atoms with Gasteiger partial charge >= 0.3 is 5.97 Å². The number of carbonyl (C=O) groups is 1. The molecule has 0 aliphatic carbocycles. The number of nitrogens with one attached hydrogen (secondary N) is 1. The minimum absolute atomic E-state index is 0.299. The van der Waals surface area contributed by atoms with E-state index in [0.717, 1.165) is 29.0 Å². The Bertz CT molecular complexity index is 682. The second-order valence-corrected chi connectivity index (χ2v) is 5.40. The van der Waals surface area contributed by atoms with E-state index in [2.05, 4.69) is 5.32 Å². The number of para-hydroxylation sites is 1. The van der Waals surface area contributed by atoms with Gasteiger partial charge in [-0.15, -0.1) is 0 Å². The molecule has 3 rings (SSSR count). The number of hydrogen-bond donors (Lipinski definition) is 2. The zero-order chi connectivity index (χ0) is 16.1. The monoisotopic (exact) mass is 313 g/mol. The Morgan fingerprint density at radius 1 is 1.04 bits per heavy atom. The van der Waals surface area contributed by atoms with Crippen LogP contribution in [0, 0.1) is 0 Å². The maximum absolute atomic E-state index is 10.8. The van der Waals surface area contributed by atoms with Gasteiger partial charge in [-0.2, -0.15) is 0 Å². The quantitative estimate of drug-likeness (QED) is 0.888. The molecule has 0 saturated carbocycles. The number of benzene rings is 2. The fourth-order valence-electron chi connectivity index (χ4n) is 2.50. The smallest absolute Gasteiger partial charge is 0.335 e. The van der Waals surface area contributed by atoms with Gasteiger partial charge in [0.15, 0.2) is 11.5 Å². The largest absolute Gasteiger partial charge is 0.490 e. The van der Waals surface area contributed by atoms with E-state index < -0.39 is 5.97 Å². The minimum atomic E-state index is -0.909. The van der Waals surface area contributed by atoms with E-state index >= 15 is 0 Å². The first kappa shape index (κ1) is 15.4. The Labute approximate surface area is 134 Å². The summed E-state index contributed by atoms with van der Waals surface area (Å²) in [5, 5.41) is 12.2. The summed E-state index contributed by atoms with van der Waals surface area (Å²) in [6, 6.07) is 12.8. The van der Waals surface area contributed by atoms with Gasteiger partial charge in [0.05, 0.1) is 18.8 Å². The fourth-order valence-corrected chi connectivity index (χ4v) is 2.50. The highest BCUT2D eigenvalue weighted by Crippen LogP contribution is 2.33. The lowest BCUT2D eigenvalue weighted by Crippen LogP contribution is -2.14. The van der Waals surface area contributed by atoms with Gasteiger partial charge in [-0.25, -0.2) is 4.79 Å². The second-order valence-electron chi connectivity index (χ2n) is 5.40. The molecule has 2 aromatic rings. The van der Waals surface area contributed by atoms with Crippen molar-refractivity contribution in [1.82, 2.24) is 5.32 Å². The maximum Gasteiger partial charge on any atom is 0.335 e. The van der Waals surface area contributed by atoms with Crippen molar-refractivity contribution in [3.05, 3.63) is 59.2 Å². The summed E-state index contributed by atoms with van der Waals surface area (Å²) in [7, 11) is 0. The molecular weight excluding hydrogens is 294 g/mol. The molecule has 0 aromatic heterocycles. The Morgan fingerprint density at radius 3 is 2.61 bits per heavy atom. The van der Waals surface area contributed by atoms with Crippen LogP contribution in [0.3, 0.4) is 0 Å². The zero-order valence-electron chi connectivity index (χ0n) is 12.7. The van der Waals surface area contributed by atoms with E-state index in [4.69, 9.17) is 14.6 Å². The van der Waals surface area contributed by atoms with E-state index in [1.54, 1.807) is 12.1 Å². The minimum Gasteiger partial charge on any atom is -0.490 e. The van der Waals surface area contributed by atoms with Gasteiger partial charge < -0.3 is 19.9 Å². The number of hydrogen-bond acceptors (Lipinski definition) is 4. The van der Waals surface area contributed by atoms with Gasteiger partial charge in [-0.05, 0) is 23.8 Å². The fraction of sp³-hybridized carbons (Fsp3) is 0.278. The average molecular weight is 313 g/mol. The second kappa shape index (κ2) is 7.15. The predicted molar refractivity (Wildman–Crippen MR) is 86.0 cm³/mol. The maximum atomic E-state index is 10.8. The van der Waals surface area contributed by atoms with Crippen molar-refractivity contribution in [3.63, 3.8) is 0 Å². The van der Waals surface area contributed by atoms with E-state index in [1.807, 2.05) is 30.3 Å². The van der Waals surface area contributed by atoms with Crippen LogP contribution in [-0.4, -0.2) is 24.3 Å². The molecule has 23 heavy (non-hydrogen) atoms. The van der Waals surface area contributed by atoms with Gasteiger partial charge in [0, 0.05) is 25.1 Å². The van der Waals surface area contributed by atoms with E-state index in [-0.39, 0.29) is 0 Å². The molecule has 120 valence electrons. The van der Waals surface area contributed by atoms with E-state index in [0.29, 0.717) is 31.9 Å². The van der Waals surface area contributed by atoms with Gasteiger partial charge in [0.1, 0.15) is 0 Å². The molecule has 0 amide bonds. The number of rotatable bonds is 5. The molecule has 1 heterocycles. The lowest BCUT2D eigenvalue weighted by Gasteiger charge is -2.13. The van der Waals surface area contributed by atoms with Crippen LogP contribution >= 0.6 is 0 Å². The normalized spacial score (nSPS) is 13.4. The summed E-state index contributed by atoms with van der Waals surface area (Å²) in [5.41, 5.74) is 2.40. The van der Waals surface area contributed by atoms with Crippen LogP contribution in [0.4, 0.5) is 0 Å². The van der Waals surface area contributed by atoms with Crippen molar-refractivity contribution >= 4 is 5.97 Å². The third kappa shape index (κ3) is 3.81. The topological polar surface area (TPSA) is 67.8 Å². The Morgan fingerprint density at radius 2 is 1.83 bits per heavy atom. The van der Waals surface area contributed by atoms with Gasteiger partial charge in [-0.3, -0.25) is 0 Å². The SMILES string of the molecule is O=C(O)c1ccc(CNCc2cccc3c2OCCCO3)cc1. The molecule has 1 aliphatic heterocycles. The third-order valence-electron chi connectivity index (χ3n) is 3.70. The van der Waals surface area contributed by atoms with Crippen LogP contribution in [0.5, 0.6) is 11.5 Å². The molecule has 2 N–H and O–H groups in total. The van der Waals surface area contributed by atoms with E-state index in [9.17, 15) is 4.79 Å². The Hall–Kier alpha value is -2.53. The van der Waals surface area contributed by atoms with Crippen molar-refractivity contribution in [3.8, 4) is 11.5 Å². The Balaban J connectivity index is 1.61. The van der Waals surface area contributed by atoms with E-state index in [1.165, 1.54) is 0 Å². The lowest BCUT2D eigenvalue weighted by molar-refractivity contribution is 0.0697. The number of carboxylic acids is 1. The number of ether oxygens (including phenoxy) is 2. The average Bonchev–Trinajstić information content (AvgIpc) is 2.81. The summed E-state index contributed by atoms with van der Waals surface area (Å²) < 4.78 is 11.5. The Kier molecular flexibility index (Phi) is 4.78. The number of carboxylic acid groups (broad SMARTS) is 1. The van der Waals surface area contributed by atoms with Gasteiger partial charge in [-0.1, -0.05) is 24.3 Å². The predicted octanol–water partition coefficient (Wildman–Crippen LogP) is 2.84. The van der Waals surface area contributed by atoms with Crippen molar-refractivity contribution in [2.45, 2.75) is 19.5 Å². The molecule has 2 aromatic carbocycles. The standard InChI is InChI=1S/C18H19NO4/c20-18(21)14-7-5-13(6-8-14)11-19-12-15-3-1-4-16-17(15)23-10-2-9-22-16/h1,3-8,19H,2,9-12H2,(H,20,21). The molecule has 0 atom stereocenters. The molecule has 1 aliphatic rings. The molecule has 0 unspecified atom stereocenters. The summed E-state index contributed by atoms with van der Waals surface area (Å²) >= 11 is 0. The highest BCUT2D eigenvalue weighted by atomic mass is 16.5. The highest BCUT2D eigenvalue weighted by Gasteiger charge is 2.13. The van der Waals surface area contributed by atoms with Crippen LogP contribution in [0.15, 0.2) is 42.5 Å². The zero-order valence-corrected chi connectivity index (χ0v) is 12.7. The first-order valence-electron chi connectivity index (χ1n) is 7.64. The summed E-state index contributed by atoms with van der Waals surface area (Å²) in [6.45, 7) is 2.66. The number of fused-ring (bicyclic) bond motifs is 1. The van der Waals surface area contributed by atoms with Crippen LogP contribution in [-0.2, 0) is 13.1 Å². The summed E-state index contributed by atoms with van der Waals surface area (Å²) in [6.07, 6.45) is 0.886. The molecule has 5 nitrogen and oxygen atoms in total. The van der Waals surface area contributed by atoms with Crippen molar-refractivity contribution < 1.29 is 19.4 Å². The lowest BCUT2D eigenvalue weighted by atomic mass is 10.1. The third-order valence-corrected chi connectivity index (χ3v) is 3.70. The highest BCUT2D eigenvalue weighted by molar-refractivity contribution is 5.87. The molecule has 0 fully saturated rings. The molecular formula is C18H19NO4. The summed E-state index contributed by atoms with van der Waals surface area (Å²) in [4.78, 5) is 10.8. The van der Waals surface area contributed by atoms with Crippen LogP contribution in [0.2, 0.25) is 0 Å². The van der Waals surface area contributed by atoms with Crippen LogP contribution < -0.4 is 14.8 Å². The molecule has 5 heteroatoms. The van der Waals surface area contributed by atoms with Crippen molar-refractivity contribution in [2.24, 2.45) is 0 Å². The van der Waals surface area contributed by atoms with Crippen LogP contribution in [0.25, 0.3) is 0 Å². The van der Waals surface area contributed by atoms with Gasteiger partial charge in [0.2, 0.25) is 0 Å². The molecule has 0 spiro atoms. The van der Waals surface area contributed by atoms with Crippen molar-refractivity contribution in [1.29, 1.82) is 0 Å². The first-order valence-corrected chi connectivity index (χ1v) is 7.64. The summed E-state index contributed by atoms with van der Waals surface area (Å²) in [5.74, 6) is 0.708.